The number of thiophene rings is 1. The van der Waals surface area contributed by atoms with E-state index < -0.39 is 0 Å². The Balaban J connectivity index is 2.35. The predicted molar refractivity (Wildman–Crippen MR) is 71.2 cm³/mol. The Morgan fingerprint density at radius 2 is 2.25 bits per heavy atom. The van der Waals surface area contributed by atoms with E-state index in [0.717, 1.165) is 19.4 Å². The number of hydrogen-bond acceptors (Lipinski definition) is 3. The van der Waals surface area contributed by atoms with Crippen molar-refractivity contribution in [3.05, 3.63) is 22.4 Å². The van der Waals surface area contributed by atoms with Gasteiger partial charge in [-0.2, -0.15) is 11.3 Å². The van der Waals surface area contributed by atoms with Gasteiger partial charge in [0.1, 0.15) is 0 Å². The van der Waals surface area contributed by atoms with E-state index in [2.05, 4.69) is 36.0 Å². The normalized spacial score (nSPS) is 14.9. The maximum Gasteiger partial charge on any atom is 0.0543 e. The van der Waals surface area contributed by atoms with Crippen molar-refractivity contribution in [1.29, 1.82) is 0 Å². The van der Waals surface area contributed by atoms with Gasteiger partial charge in [0.05, 0.1) is 6.10 Å². The Kier molecular flexibility index (Phi) is 6.69. The number of hydrogen-bond donors (Lipinski definition) is 1. The first-order valence-corrected chi connectivity index (χ1v) is 6.97. The monoisotopic (exact) mass is 241 g/mol. The van der Waals surface area contributed by atoms with Gasteiger partial charge in [0.15, 0.2) is 0 Å². The minimum absolute atomic E-state index is 0.364. The highest BCUT2D eigenvalue weighted by molar-refractivity contribution is 7.07. The molecule has 0 radical (unpaired) electrons. The zero-order valence-corrected chi connectivity index (χ0v) is 11.3. The first kappa shape index (κ1) is 13.7. The highest BCUT2D eigenvalue weighted by atomic mass is 32.1. The van der Waals surface area contributed by atoms with Crippen LogP contribution in [0.3, 0.4) is 0 Å². The van der Waals surface area contributed by atoms with Crippen LogP contribution in [0.4, 0.5) is 0 Å². The summed E-state index contributed by atoms with van der Waals surface area (Å²) in [6, 6.07) is 2.80. The molecule has 2 unspecified atom stereocenters. The Morgan fingerprint density at radius 3 is 2.81 bits per heavy atom. The van der Waals surface area contributed by atoms with Gasteiger partial charge in [0, 0.05) is 13.2 Å². The van der Waals surface area contributed by atoms with Gasteiger partial charge in [-0.15, -0.1) is 0 Å². The maximum absolute atomic E-state index is 5.29. The van der Waals surface area contributed by atoms with Crippen molar-refractivity contribution >= 4 is 11.3 Å². The average molecular weight is 241 g/mol. The summed E-state index contributed by atoms with van der Waals surface area (Å²) >= 11 is 1.78. The third-order valence-electron chi connectivity index (χ3n) is 2.88. The molecule has 0 aromatic carbocycles. The molecule has 1 rings (SSSR count). The molecule has 0 aliphatic rings. The summed E-state index contributed by atoms with van der Waals surface area (Å²) in [7, 11) is 1.78. The van der Waals surface area contributed by atoms with Crippen molar-refractivity contribution < 1.29 is 4.74 Å². The fourth-order valence-corrected chi connectivity index (χ4v) is 2.49. The van der Waals surface area contributed by atoms with E-state index in [1.54, 1.807) is 18.4 Å². The van der Waals surface area contributed by atoms with Crippen molar-refractivity contribution in [2.75, 3.05) is 13.7 Å². The SMILES string of the molecule is CCNC(CCC(C)OC)Cc1ccsc1. The number of nitrogens with one attached hydrogen (secondary N) is 1. The summed E-state index contributed by atoms with van der Waals surface area (Å²) in [4.78, 5) is 0. The molecule has 0 saturated heterocycles. The van der Waals surface area contributed by atoms with Crippen LogP contribution in [0.15, 0.2) is 16.8 Å². The highest BCUT2D eigenvalue weighted by Gasteiger charge is 2.10. The van der Waals surface area contributed by atoms with Crippen LogP contribution < -0.4 is 5.32 Å². The number of rotatable bonds is 8. The lowest BCUT2D eigenvalue weighted by atomic mass is 10.0. The summed E-state index contributed by atoms with van der Waals surface area (Å²) in [6.07, 6.45) is 3.80. The van der Waals surface area contributed by atoms with E-state index in [1.807, 2.05) is 0 Å². The van der Waals surface area contributed by atoms with Crippen LogP contribution in [0.1, 0.15) is 32.3 Å². The first-order chi connectivity index (χ1) is 7.76. The molecular formula is C13H23NOS. The van der Waals surface area contributed by atoms with Crippen LogP contribution in [-0.2, 0) is 11.2 Å². The van der Waals surface area contributed by atoms with E-state index in [4.69, 9.17) is 4.74 Å². The van der Waals surface area contributed by atoms with Gasteiger partial charge >= 0.3 is 0 Å². The Morgan fingerprint density at radius 1 is 1.44 bits per heavy atom. The van der Waals surface area contributed by atoms with Crippen molar-refractivity contribution in [1.82, 2.24) is 5.32 Å². The van der Waals surface area contributed by atoms with Crippen LogP contribution in [0.2, 0.25) is 0 Å². The lowest BCUT2D eigenvalue weighted by Gasteiger charge is -2.19. The van der Waals surface area contributed by atoms with Crippen LogP contribution >= 0.6 is 11.3 Å². The summed E-state index contributed by atoms with van der Waals surface area (Å²) < 4.78 is 5.29. The van der Waals surface area contributed by atoms with Gasteiger partial charge in [-0.05, 0) is 55.1 Å². The molecule has 0 aliphatic heterocycles. The molecule has 0 bridgehead atoms. The predicted octanol–water partition coefficient (Wildman–Crippen LogP) is 3.08. The zero-order valence-electron chi connectivity index (χ0n) is 10.5. The molecule has 0 spiro atoms. The third-order valence-corrected chi connectivity index (χ3v) is 3.61. The molecule has 2 atom stereocenters. The van der Waals surface area contributed by atoms with Gasteiger partial charge in [-0.3, -0.25) is 0 Å². The Bertz CT molecular complexity index is 261. The summed E-state index contributed by atoms with van der Waals surface area (Å²) in [5.41, 5.74) is 1.45. The Labute approximate surface area is 103 Å². The topological polar surface area (TPSA) is 21.3 Å². The summed E-state index contributed by atoms with van der Waals surface area (Å²) in [5.74, 6) is 0. The number of likely N-dealkylation sites (N-methyl/N-ethyl adjacent to an activating group) is 1. The van der Waals surface area contributed by atoms with E-state index in [-0.39, 0.29) is 0 Å². The molecule has 1 aromatic heterocycles. The molecule has 1 N–H and O–H groups in total. The second-order valence-corrected chi connectivity index (χ2v) is 4.99. The second-order valence-electron chi connectivity index (χ2n) is 4.21. The second kappa shape index (κ2) is 7.82. The summed E-state index contributed by atoms with van der Waals surface area (Å²) in [6.45, 7) is 5.34. The minimum Gasteiger partial charge on any atom is -0.382 e. The standard InChI is InChI=1S/C13H23NOS/c1-4-14-13(6-5-11(2)15-3)9-12-7-8-16-10-12/h7-8,10-11,13-14H,4-6,9H2,1-3H3. The van der Waals surface area contributed by atoms with E-state index in [0.29, 0.717) is 12.1 Å². The molecule has 0 fully saturated rings. The molecule has 1 aromatic rings. The fourth-order valence-electron chi connectivity index (χ4n) is 1.81. The Hall–Kier alpha value is -0.380. The van der Waals surface area contributed by atoms with Crippen LogP contribution in [0.25, 0.3) is 0 Å². The van der Waals surface area contributed by atoms with Gasteiger partial charge in [0.2, 0.25) is 0 Å². The molecule has 3 heteroatoms. The number of methoxy groups -OCH3 is 1. The largest absolute Gasteiger partial charge is 0.382 e. The lowest BCUT2D eigenvalue weighted by Crippen LogP contribution is -2.31. The molecule has 2 nitrogen and oxygen atoms in total. The summed E-state index contributed by atoms with van der Waals surface area (Å²) in [5, 5.41) is 7.94. The van der Waals surface area contributed by atoms with E-state index in [1.165, 1.54) is 12.0 Å². The van der Waals surface area contributed by atoms with Crippen LogP contribution in [0, 0.1) is 0 Å². The molecule has 16 heavy (non-hydrogen) atoms. The van der Waals surface area contributed by atoms with Crippen LogP contribution in [0.5, 0.6) is 0 Å². The molecule has 0 saturated carbocycles. The van der Waals surface area contributed by atoms with E-state index >= 15 is 0 Å². The van der Waals surface area contributed by atoms with E-state index in [9.17, 15) is 0 Å². The zero-order chi connectivity index (χ0) is 11.8. The highest BCUT2D eigenvalue weighted by Crippen LogP contribution is 2.12. The maximum atomic E-state index is 5.29. The molecule has 0 amide bonds. The van der Waals surface area contributed by atoms with Crippen molar-refractivity contribution in [2.24, 2.45) is 0 Å². The smallest absolute Gasteiger partial charge is 0.0543 e. The van der Waals surface area contributed by atoms with Gasteiger partial charge in [-0.25, -0.2) is 0 Å². The van der Waals surface area contributed by atoms with Crippen LogP contribution in [-0.4, -0.2) is 25.8 Å². The third kappa shape index (κ3) is 5.10. The van der Waals surface area contributed by atoms with Gasteiger partial charge < -0.3 is 10.1 Å². The van der Waals surface area contributed by atoms with Crippen molar-refractivity contribution in [3.63, 3.8) is 0 Å². The molecular weight excluding hydrogens is 218 g/mol. The van der Waals surface area contributed by atoms with Crippen molar-refractivity contribution in [2.45, 2.75) is 45.3 Å². The average Bonchev–Trinajstić information content (AvgIpc) is 2.78. The molecule has 1 heterocycles. The minimum atomic E-state index is 0.364. The quantitative estimate of drug-likeness (QED) is 0.755. The molecule has 92 valence electrons. The lowest BCUT2D eigenvalue weighted by molar-refractivity contribution is 0.106. The number of ether oxygens (including phenoxy) is 1. The van der Waals surface area contributed by atoms with Crippen molar-refractivity contribution in [3.8, 4) is 0 Å². The fraction of sp³-hybridized carbons (Fsp3) is 0.692. The first-order valence-electron chi connectivity index (χ1n) is 6.03. The van der Waals surface area contributed by atoms with Gasteiger partial charge in [0.25, 0.3) is 0 Å². The van der Waals surface area contributed by atoms with Gasteiger partial charge in [-0.1, -0.05) is 6.92 Å². The molecule has 0 aliphatic carbocycles.